The van der Waals surface area contributed by atoms with Crippen LogP contribution in [0.15, 0.2) is 57.7 Å². The number of phenols is 4. The molecule has 2 heterocycles. The Morgan fingerprint density at radius 1 is 0.881 bits per heavy atom. The van der Waals surface area contributed by atoms with Gasteiger partial charge in [0.2, 0.25) is 17.4 Å². The second-order valence-electron chi connectivity index (χ2n) is 10.2. The first kappa shape index (κ1) is 28.6. The lowest BCUT2D eigenvalue weighted by molar-refractivity contribution is -0.133. The summed E-state index contributed by atoms with van der Waals surface area (Å²) in [5.74, 6) is -3.84. The van der Waals surface area contributed by atoms with E-state index in [0.29, 0.717) is 37.3 Å². The van der Waals surface area contributed by atoms with Gasteiger partial charge in [-0.3, -0.25) is 9.59 Å². The van der Waals surface area contributed by atoms with Crippen molar-refractivity contribution in [1.29, 1.82) is 0 Å². The number of aromatic hydroxyl groups is 4. The van der Waals surface area contributed by atoms with Gasteiger partial charge in [-0.25, -0.2) is 0 Å². The standard InChI is InChI=1S/C31H32N2O9/c1-32-9-11-33(12-10-32)24(35)15-19(18-13-22(40-2)27(36)23(14-18)41-3)25-28(37)30(39)29(38)26-20(34)16-21(42-31(25)26)17-7-5-4-6-8-17/h4-8,13-14,16,19,36-39H,9-12,15H2,1-3H3. The van der Waals surface area contributed by atoms with Crippen LogP contribution in [0.1, 0.15) is 23.5 Å². The molecule has 0 spiro atoms. The summed E-state index contributed by atoms with van der Waals surface area (Å²) in [4.78, 5) is 30.9. The van der Waals surface area contributed by atoms with E-state index in [-0.39, 0.29) is 51.9 Å². The quantitative estimate of drug-likeness (QED) is 0.240. The maximum absolute atomic E-state index is 13.7. The molecule has 4 N–H and O–H groups in total. The van der Waals surface area contributed by atoms with Crippen LogP contribution in [0.4, 0.5) is 0 Å². The molecule has 3 aromatic carbocycles. The minimum absolute atomic E-state index is 0.0413. The molecular formula is C31H32N2O9. The van der Waals surface area contributed by atoms with E-state index in [4.69, 9.17) is 13.9 Å². The maximum atomic E-state index is 13.7. The normalized spacial score (nSPS) is 14.6. The Morgan fingerprint density at radius 3 is 2.10 bits per heavy atom. The molecule has 42 heavy (non-hydrogen) atoms. The third-order valence-corrected chi connectivity index (χ3v) is 7.68. The highest BCUT2D eigenvalue weighted by atomic mass is 16.5. The molecule has 1 aliphatic rings. The van der Waals surface area contributed by atoms with Gasteiger partial charge >= 0.3 is 0 Å². The van der Waals surface area contributed by atoms with Crippen LogP contribution < -0.4 is 14.9 Å². The van der Waals surface area contributed by atoms with Gasteiger partial charge in [-0.1, -0.05) is 30.3 Å². The van der Waals surface area contributed by atoms with Gasteiger partial charge < -0.3 is 44.1 Å². The molecule has 1 unspecified atom stereocenters. The lowest BCUT2D eigenvalue weighted by Crippen LogP contribution is -2.47. The summed E-state index contributed by atoms with van der Waals surface area (Å²) in [6.45, 7) is 2.34. The first-order valence-electron chi connectivity index (χ1n) is 13.4. The topological polar surface area (TPSA) is 153 Å². The number of likely N-dealkylation sites (N-methyl/N-ethyl adjacent to an activating group) is 1. The van der Waals surface area contributed by atoms with Crippen LogP contribution >= 0.6 is 0 Å². The zero-order valence-electron chi connectivity index (χ0n) is 23.5. The summed E-state index contributed by atoms with van der Waals surface area (Å²) in [5, 5.41) is 43.1. The van der Waals surface area contributed by atoms with Crippen molar-refractivity contribution >= 4 is 16.9 Å². The van der Waals surface area contributed by atoms with Crippen molar-refractivity contribution in [1.82, 2.24) is 9.80 Å². The summed E-state index contributed by atoms with van der Waals surface area (Å²) >= 11 is 0. The molecule has 1 fully saturated rings. The van der Waals surface area contributed by atoms with Gasteiger partial charge in [-0.05, 0) is 24.7 Å². The fraction of sp³-hybridized carbons (Fsp3) is 0.290. The van der Waals surface area contributed by atoms with Gasteiger partial charge in [0.25, 0.3) is 0 Å². The summed E-state index contributed by atoms with van der Waals surface area (Å²) in [5.41, 5.74) is -0.0241. The van der Waals surface area contributed by atoms with Gasteiger partial charge in [0.1, 0.15) is 16.7 Å². The molecule has 1 saturated heterocycles. The number of hydrogen-bond donors (Lipinski definition) is 4. The number of fused-ring (bicyclic) bond motifs is 1. The molecule has 5 rings (SSSR count). The highest BCUT2D eigenvalue weighted by molar-refractivity contribution is 5.94. The number of phenolic OH excluding ortho intramolecular Hbond substituents is 4. The number of nitrogens with zero attached hydrogens (tertiary/aromatic N) is 2. The molecule has 1 atom stereocenters. The number of methoxy groups -OCH3 is 2. The van der Waals surface area contributed by atoms with Crippen molar-refractivity contribution in [3.63, 3.8) is 0 Å². The molecule has 0 saturated carbocycles. The van der Waals surface area contributed by atoms with E-state index in [1.807, 2.05) is 7.05 Å². The number of carbonyl (C=O) groups is 1. The highest BCUT2D eigenvalue weighted by Gasteiger charge is 2.33. The minimum atomic E-state index is -1.04. The van der Waals surface area contributed by atoms with E-state index in [1.165, 1.54) is 32.4 Å². The predicted molar refractivity (Wildman–Crippen MR) is 155 cm³/mol. The third kappa shape index (κ3) is 5.14. The Balaban J connectivity index is 1.79. The molecule has 4 aromatic rings. The van der Waals surface area contributed by atoms with Crippen molar-refractivity contribution in [3.05, 3.63) is 69.9 Å². The number of piperazine rings is 1. The maximum Gasteiger partial charge on any atom is 0.223 e. The molecular weight excluding hydrogens is 544 g/mol. The molecule has 220 valence electrons. The van der Waals surface area contributed by atoms with Crippen LogP contribution in [-0.4, -0.2) is 83.6 Å². The van der Waals surface area contributed by atoms with E-state index < -0.39 is 28.6 Å². The average Bonchev–Trinajstić information content (AvgIpc) is 3.00. The summed E-state index contributed by atoms with van der Waals surface area (Å²) in [7, 11) is 4.68. The lowest BCUT2D eigenvalue weighted by atomic mass is 9.85. The Kier molecular flexibility index (Phi) is 7.86. The molecule has 1 aromatic heterocycles. The van der Waals surface area contributed by atoms with Gasteiger partial charge in [-0.2, -0.15) is 0 Å². The van der Waals surface area contributed by atoms with Gasteiger partial charge in [0.05, 0.1) is 14.2 Å². The smallest absolute Gasteiger partial charge is 0.223 e. The zero-order valence-corrected chi connectivity index (χ0v) is 23.5. The summed E-state index contributed by atoms with van der Waals surface area (Å²) in [6, 6.07) is 12.9. The number of carbonyl (C=O) groups excluding carboxylic acids is 1. The fourth-order valence-corrected chi connectivity index (χ4v) is 5.30. The molecule has 1 aliphatic heterocycles. The van der Waals surface area contributed by atoms with Gasteiger partial charge in [0, 0.05) is 55.7 Å². The minimum Gasteiger partial charge on any atom is -0.504 e. The van der Waals surface area contributed by atoms with Crippen molar-refractivity contribution in [2.75, 3.05) is 47.4 Å². The molecule has 0 radical (unpaired) electrons. The summed E-state index contributed by atoms with van der Waals surface area (Å²) in [6.07, 6.45) is -0.215. The Morgan fingerprint density at radius 2 is 1.50 bits per heavy atom. The number of ether oxygens (including phenoxy) is 2. The predicted octanol–water partition coefficient (Wildman–Crippen LogP) is 3.60. The van der Waals surface area contributed by atoms with Gasteiger partial charge in [0.15, 0.2) is 28.4 Å². The fourth-order valence-electron chi connectivity index (χ4n) is 5.30. The zero-order chi connectivity index (χ0) is 30.1. The van der Waals surface area contributed by atoms with Crippen LogP contribution in [0.3, 0.4) is 0 Å². The third-order valence-electron chi connectivity index (χ3n) is 7.68. The largest absolute Gasteiger partial charge is 0.504 e. The monoisotopic (exact) mass is 576 g/mol. The Labute approximate surface area is 241 Å². The number of rotatable bonds is 7. The number of benzene rings is 3. The van der Waals surface area contributed by atoms with Gasteiger partial charge in [-0.15, -0.1) is 0 Å². The van der Waals surface area contributed by atoms with Crippen LogP contribution in [0.5, 0.6) is 34.5 Å². The Bertz CT molecular complexity index is 1670. The van der Waals surface area contributed by atoms with E-state index >= 15 is 0 Å². The molecule has 11 nitrogen and oxygen atoms in total. The molecule has 0 bridgehead atoms. The second kappa shape index (κ2) is 11.5. The molecule has 0 aliphatic carbocycles. The van der Waals surface area contributed by atoms with Crippen molar-refractivity contribution in [3.8, 4) is 45.8 Å². The first-order chi connectivity index (χ1) is 20.1. The van der Waals surface area contributed by atoms with Crippen LogP contribution in [0.25, 0.3) is 22.3 Å². The van der Waals surface area contributed by atoms with Crippen LogP contribution in [-0.2, 0) is 4.79 Å². The van der Waals surface area contributed by atoms with Crippen LogP contribution in [0, 0.1) is 0 Å². The number of amides is 1. The average molecular weight is 577 g/mol. The SMILES string of the molecule is COc1cc(C(CC(=O)N2CCN(C)CC2)c2c(O)c(O)c(O)c3c(=O)cc(-c4ccccc4)oc23)cc(OC)c1O. The molecule has 11 heteroatoms. The van der Waals surface area contributed by atoms with Crippen molar-refractivity contribution in [2.24, 2.45) is 0 Å². The van der Waals surface area contributed by atoms with E-state index in [2.05, 4.69) is 4.90 Å². The molecule has 1 amide bonds. The lowest BCUT2D eigenvalue weighted by Gasteiger charge is -2.33. The van der Waals surface area contributed by atoms with E-state index in [9.17, 15) is 30.0 Å². The highest BCUT2D eigenvalue weighted by Crippen LogP contribution is 2.51. The first-order valence-corrected chi connectivity index (χ1v) is 13.4. The summed E-state index contributed by atoms with van der Waals surface area (Å²) < 4.78 is 16.9. The van der Waals surface area contributed by atoms with Crippen molar-refractivity contribution < 1.29 is 39.1 Å². The van der Waals surface area contributed by atoms with E-state index in [0.717, 1.165) is 0 Å². The van der Waals surface area contributed by atoms with E-state index in [1.54, 1.807) is 35.2 Å². The number of hydrogen-bond acceptors (Lipinski definition) is 10. The second-order valence-corrected chi connectivity index (χ2v) is 10.2. The van der Waals surface area contributed by atoms with Crippen LogP contribution in [0.2, 0.25) is 0 Å². The van der Waals surface area contributed by atoms with Crippen molar-refractivity contribution in [2.45, 2.75) is 12.3 Å². The Hall–Kier alpha value is -4.90.